The number of fused-ring (bicyclic) bond motifs is 5. The third-order valence-corrected chi connectivity index (χ3v) is 9.04. The molecule has 3 heteroatoms. The van der Waals surface area contributed by atoms with Gasteiger partial charge in [-0.1, -0.05) is 26.0 Å². The number of hydrogen-bond acceptors (Lipinski definition) is 2. The van der Waals surface area contributed by atoms with Gasteiger partial charge >= 0.3 is 0 Å². The first-order valence-corrected chi connectivity index (χ1v) is 10.8. The molecule has 0 radical (unpaired) electrons. The van der Waals surface area contributed by atoms with Crippen LogP contribution in [0.2, 0.25) is 0 Å². The van der Waals surface area contributed by atoms with Crippen molar-refractivity contribution < 1.29 is 4.79 Å². The van der Waals surface area contributed by atoms with E-state index in [1.165, 1.54) is 44.1 Å². The smallest absolute Gasteiger partial charge is 0.219 e. The van der Waals surface area contributed by atoms with Crippen LogP contribution in [0, 0.1) is 28.6 Å². The zero-order chi connectivity index (χ0) is 18.8. The predicted octanol–water partition coefficient (Wildman–Crippen LogP) is 4.94. The Morgan fingerprint density at radius 2 is 2.04 bits per heavy atom. The minimum Gasteiger partial charge on any atom is -0.339 e. The Morgan fingerprint density at radius 3 is 2.78 bits per heavy atom. The highest BCUT2D eigenvalue weighted by atomic mass is 16.2. The van der Waals surface area contributed by atoms with Gasteiger partial charge < -0.3 is 4.90 Å². The Balaban J connectivity index is 1.44. The SMILES string of the molecule is CC(=O)N1CCC2(C)C3CCC4(C)C(c5cccnc5)=CCC4C3CCC12. The lowest BCUT2D eigenvalue weighted by Crippen LogP contribution is -2.54. The molecule has 144 valence electrons. The summed E-state index contributed by atoms with van der Waals surface area (Å²) < 4.78 is 0. The van der Waals surface area contributed by atoms with Gasteiger partial charge in [0.2, 0.25) is 5.91 Å². The van der Waals surface area contributed by atoms with Crippen LogP contribution in [-0.2, 0) is 4.79 Å². The summed E-state index contributed by atoms with van der Waals surface area (Å²) in [6, 6.07) is 4.78. The van der Waals surface area contributed by atoms with Gasteiger partial charge in [-0.15, -0.1) is 0 Å². The van der Waals surface area contributed by atoms with E-state index in [1.54, 1.807) is 12.5 Å². The van der Waals surface area contributed by atoms with Gasteiger partial charge in [-0.05, 0) is 84.3 Å². The molecule has 0 N–H and O–H groups in total. The third kappa shape index (κ3) is 2.33. The summed E-state index contributed by atoms with van der Waals surface area (Å²) in [5, 5.41) is 0. The van der Waals surface area contributed by atoms with Crippen LogP contribution in [0.3, 0.4) is 0 Å². The largest absolute Gasteiger partial charge is 0.339 e. The number of likely N-dealkylation sites (tertiary alicyclic amines) is 1. The first-order valence-electron chi connectivity index (χ1n) is 10.8. The first-order chi connectivity index (χ1) is 12.9. The molecule has 2 heterocycles. The van der Waals surface area contributed by atoms with Gasteiger partial charge in [-0.25, -0.2) is 0 Å². The van der Waals surface area contributed by atoms with Gasteiger partial charge in [0.05, 0.1) is 0 Å². The molecule has 1 amide bonds. The van der Waals surface area contributed by atoms with Crippen molar-refractivity contribution in [3.63, 3.8) is 0 Å². The number of nitrogens with zero attached hydrogens (tertiary/aromatic N) is 2. The van der Waals surface area contributed by atoms with E-state index in [0.717, 1.165) is 24.3 Å². The maximum atomic E-state index is 12.1. The number of carbonyl (C=O) groups excluding carboxylic acids is 1. The monoisotopic (exact) mass is 364 g/mol. The van der Waals surface area contributed by atoms with Gasteiger partial charge in [0.1, 0.15) is 0 Å². The zero-order valence-electron chi connectivity index (χ0n) is 16.9. The number of allylic oxidation sites excluding steroid dienone is 2. The summed E-state index contributed by atoms with van der Waals surface area (Å²) in [5.74, 6) is 2.63. The second-order valence-corrected chi connectivity index (χ2v) is 9.99. The van der Waals surface area contributed by atoms with Crippen molar-refractivity contribution in [2.75, 3.05) is 6.54 Å². The maximum absolute atomic E-state index is 12.1. The predicted molar refractivity (Wildman–Crippen MR) is 108 cm³/mol. The Hall–Kier alpha value is -1.64. The van der Waals surface area contributed by atoms with Gasteiger partial charge in [-0.2, -0.15) is 0 Å². The van der Waals surface area contributed by atoms with Crippen LogP contribution in [0.4, 0.5) is 0 Å². The average Bonchev–Trinajstić information content (AvgIpc) is 3.19. The van der Waals surface area contributed by atoms with E-state index in [9.17, 15) is 4.79 Å². The maximum Gasteiger partial charge on any atom is 0.219 e. The molecular formula is C24H32N2O. The van der Waals surface area contributed by atoms with E-state index < -0.39 is 0 Å². The molecule has 27 heavy (non-hydrogen) atoms. The molecule has 6 unspecified atom stereocenters. The van der Waals surface area contributed by atoms with Crippen LogP contribution in [0.15, 0.2) is 30.6 Å². The topological polar surface area (TPSA) is 33.2 Å². The zero-order valence-corrected chi connectivity index (χ0v) is 16.9. The standard InChI is InChI=1S/C24H32N2O/c1-16(27)26-14-12-24(3)21-10-11-23(2)19(17-5-4-13-25-15-17)7-8-20(23)18(21)6-9-22(24)26/h4-5,7,13,15,18,20-22H,6,8-12,14H2,1-3H3. The number of rotatable bonds is 1. The van der Waals surface area contributed by atoms with E-state index in [-0.39, 0.29) is 5.91 Å². The molecule has 1 aromatic heterocycles. The molecule has 0 spiro atoms. The van der Waals surface area contributed by atoms with E-state index in [1.807, 2.05) is 12.4 Å². The second-order valence-electron chi connectivity index (χ2n) is 9.99. The molecule has 1 aromatic rings. The normalized spacial score (nSPS) is 42.9. The number of hydrogen-bond donors (Lipinski definition) is 0. The lowest BCUT2D eigenvalue weighted by Gasteiger charge is -2.57. The van der Waals surface area contributed by atoms with E-state index in [0.29, 0.717) is 16.9 Å². The number of pyridine rings is 1. The molecule has 5 rings (SSSR count). The fourth-order valence-electron chi connectivity index (χ4n) is 7.73. The van der Waals surface area contributed by atoms with Crippen molar-refractivity contribution in [1.29, 1.82) is 0 Å². The molecule has 3 nitrogen and oxygen atoms in total. The summed E-state index contributed by atoms with van der Waals surface area (Å²) in [4.78, 5) is 18.7. The van der Waals surface area contributed by atoms with Gasteiger partial charge in [0.15, 0.2) is 0 Å². The van der Waals surface area contributed by atoms with Crippen molar-refractivity contribution in [1.82, 2.24) is 9.88 Å². The summed E-state index contributed by atoms with van der Waals surface area (Å²) in [5.41, 5.74) is 3.49. The van der Waals surface area contributed by atoms with Crippen LogP contribution in [-0.4, -0.2) is 28.4 Å². The van der Waals surface area contributed by atoms with E-state index in [2.05, 4.69) is 41.9 Å². The Kier molecular flexibility index (Phi) is 3.83. The van der Waals surface area contributed by atoms with Gasteiger partial charge in [0, 0.05) is 31.9 Å². The summed E-state index contributed by atoms with van der Waals surface area (Å²) in [6.45, 7) is 7.76. The fraction of sp³-hybridized carbons (Fsp3) is 0.667. The molecule has 3 fully saturated rings. The van der Waals surface area contributed by atoms with Crippen molar-refractivity contribution in [3.05, 3.63) is 36.2 Å². The third-order valence-electron chi connectivity index (χ3n) is 9.04. The summed E-state index contributed by atoms with van der Waals surface area (Å²) in [7, 11) is 0. The molecule has 3 aliphatic carbocycles. The molecule has 4 aliphatic rings. The lowest BCUT2D eigenvalue weighted by molar-refractivity contribution is -0.134. The molecule has 1 saturated heterocycles. The van der Waals surface area contributed by atoms with Crippen molar-refractivity contribution >= 4 is 11.5 Å². The lowest BCUT2D eigenvalue weighted by atomic mass is 9.48. The Bertz CT molecular complexity index is 787. The molecule has 6 atom stereocenters. The Morgan fingerprint density at radius 1 is 1.19 bits per heavy atom. The van der Waals surface area contributed by atoms with Crippen LogP contribution in [0.5, 0.6) is 0 Å². The number of amides is 1. The first kappa shape index (κ1) is 17.5. The van der Waals surface area contributed by atoms with E-state index in [4.69, 9.17) is 0 Å². The molecular weight excluding hydrogens is 332 g/mol. The minimum atomic E-state index is 0.282. The quantitative estimate of drug-likeness (QED) is 0.707. The second kappa shape index (κ2) is 5.93. The van der Waals surface area contributed by atoms with Crippen LogP contribution in [0.25, 0.3) is 5.57 Å². The highest BCUT2D eigenvalue weighted by Gasteiger charge is 2.60. The highest BCUT2D eigenvalue weighted by Crippen LogP contribution is 2.66. The fourth-order valence-corrected chi connectivity index (χ4v) is 7.73. The van der Waals surface area contributed by atoms with Gasteiger partial charge in [-0.3, -0.25) is 9.78 Å². The van der Waals surface area contributed by atoms with Crippen molar-refractivity contribution in [2.24, 2.45) is 28.6 Å². The summed E-state index contributed by atoms with van der Waals surface area (Å²) in [6.07, 6.45) is 14.0. The van der Waals surface area contributed by atoms with Crippen molar-refractivity contribution in [2.45, 2.75) is 65.3 Å². The van der Waals surface area contributed by atoms with Crippen LogP contribution < -0.4 is 0 Å². The average molecular weight is 365 g/mol. The van der Waals surface area contributed by atoms with Crippen LogP contribution in [0.1, 0.15) is 64.9 Å². The Labute approximate surface area is 163 Å². The van der Waals surface area contributed by atoms with Crippen molar-refractivity contribution in [3.8, 4) is 0 Å². The molecule has 0 aromatic carbocycles. The minimum absolute atomic E-state index is 0.282. The molecule has 0 bridgehead atoms. The summed E-state index contributed by atoms with van der Waals surface area (Å²) >= 11 is 0. The number of carbonyl (C=O) groups is 1. The molecule has 1 aliphatic heterocycles. The number of aromatic nitrogens is 1. The van der Waals surface area contributed by atoms with Crippen LogP contribution >= 0.6 is 0 Å². The van der Waals surface area contributed by atoms with E-state index >= 15 is 0 Å². The van der Waals surface area contributed by atoms with Gasteiger partial charge in [0.25, 0.3) is 0 Å². The highest BCUT2D eigenvalue weighted by molar-refractivity contribution is 5.74. The molecule has 2 saturated carbocycles.